The molecule has 1 aromatic carbocycles. The van der Waals surface area contributed by atoms with E-state index < -0.39 is 0 Å². The van der Waals surface area contributed by atoms with Crippen LogP contribution in [-0.2, 0) is 0 Å². The van der Waals surface area contributed by atoms with Crippen LogP contribution in [0.25, 0.3) is 10.9 Å². The Morgan fingerprint density at radius 3 is 2.69 bits per heavy atom. The Morgan fingerprint density at radius 1 is 1.12 bits per heavy atom. The topological polar surface area (TPSA) is 62.2 Å². The highest BCUT2D eigenvalue weighted by atomic mass is 16.2. The molecular weight excluding hydrogens is 326 g/mol. The van der Waals surface area contributed by atoms with Gasteiger partial charge in [0.2, 0.25) is 0 Å². The molecule has 26 heavy (non-hydrogen) atoms. The van der Waals surface area contributed by atoms with Crippen molar-refractivity contribution in [1.82, 2.24) is 19.9 Å². The van der Waals surface area contributed by atoms with E-state index in [9.17, 15) is 4.79 Å². The molecular formula is C20H21N5O. The predicted molar refractivity (Wildman–Crippen MR) is 101 cm³/mol. The van der Waals surface area contributed by atoms with Crippen LogP contribution >= 0.6 is 0 Å². The minimum atomic E-state index is 0.0315. The zero-order chi connectivity index (χ0) is 17.9. The molecule has 0 saturated carbocycles. The summed E-state index contributed by atoms with van der Waals surface area (Å²) in [6.07, 6.45) is 6.77. The van der Waals surface area contributed by atoms with Crippen LogP contribution in [0, 0.1) is 0 Å². The number of pyridine rings is 1. The number of anilines is 1. The quantitative estimate of drug-likeness (QED) is 0.729. The summed E-state index contributed by atoms with van der Waals surface area (Å²) in [4.78, 5) is 29.7. The molecule has 6 nitrogen and oxygen atoms in total. The molecule has 6 heteroatoms. The van der Waals surface area contributed by atoms with E-state index in [1.54, 1.807) is 24.8 Å². The van der Waals surface area contributed by atoms with Crippen molar-refractivity contribution in [2.75, 3.05) is 25.0 Å². The first-order chi connectivity index (χ1) is 12.7. The second-order valence-corrected chi connectivity index (χ2v) is 6.59. The Balaban J connectivity index is 1.46. The number of rotatable bonds is 3. The number of aromatic nitrogens is 3. The average molecular weight is 347 g/mol. The third-order valence-electron chi connectivity index (χ3n) is 5.06. The number of fused-ring (bicyclic) bond motifs is 1. The van der Waals surface area contributed by atoms with E-state index >= 15 is 0 Å². The Bertz CT molecular complexity index is 901. The monoisotopic (exact) mass is 347 g/mol. The third-order valence-corrected chi connectivity index (χ3v) is 5.06. The van der Waals surface area contributed by atoms with Gasteiger partial charge in [0.05, 0.1) is 11.1 Å². The lowest BCUT2D eigenvalue weighted by Crippen LogP contribution is -2.46. The van der Waals surface area contributed by atoms with Gasteiger partial charge in [-0.05, 0) is 37.1 Å². The van der Waals surface area contributed by atoms with Crippen molar-refractivity contribution < 1.29 is 4.79 Å². The molecule has 1 aliphatic rings. The molecule has 3 aromatic rings. The molecule has 2 aromatic heterocycles. The molecule has 1 saturated heterocycles. The van der Waals surface area contributed by atoms with Gasteiger partial charge < -0.3 is 9.80 Å². The maximum atomic E-state index is 12.6. The number of benzene rings is 1. The fraction of sp³-hybridized carbons (Fsp3) is 0.300. The SMILES string of the molecule is CN(C(=O)c1cccnc1)C1CCN(c2ncnc3ccccc23)CC1. The molecule has 1 amide bonds. The second kappa shape index (κ2) is 7.07. The summed E-state index contributed by atoms with van der Waals surface area (Å²) >= 11 is 0. The normalized spacial score (nSPS) is 15.2. The van der Waals surface area contributed by atoms with Gasteiger partial charge in [0.25, 0.3) is 5.91 Å². The lowest BCUT2D eigenvalue weighted by Gasteiger charge is -2.37. The van der Waals surface area contributed by atoms with Crippen LogP contribution in [0.3, 0.4) is 0 Å². The van der Waals surface area contributed by atoms with Crippen molar-refractivity contribution in [2.24, 2.45) is 0 Å². The van der Waals surface area contributed by atoms with Crippen molar-refractivity contribution in [3.63, 3.8) is 0 Å². The lowest BCUT2D eigenvalue weighted by molar-refractivity contribution is 0.0708. The van der Waals surface area contributed by atoms with Crippen LogP contribution in [0.15, 0.2) is 55.1 Å². The standard InChI is InChI=1S/C20H21N5O/c1-24(20(26)15-5-4-10-21-13-15)16-8-11-25(12-9-16)19-17-6-2-3-7-18(17)22-14-23-19/h2-7,10,13-14,16H,8-9,11-12H2,1H3. The van der Waals surface area contributed by atoms with Crippen molar-refractivity contribution in [3.05, 3.63) is 60.7 Å². The summed E-state index contributed by atoms with van der Waals surface area (Å²) in [5, 5.41) is 1.08. The fourth-order valence-corrected chi connectivity index (χ4v) is 3.57. The fourth-order valence-electron chi connectivity index (χ4n) is 3.57. The zero-order valence-electron chi connectivity index (χ0n) is 14.7. The molecule has 0 spiro atoms. The van der Waals surface area contributed by atoms with Crippen LogP contribution in [0.1, 0.15) is 23.2 Å². The maximum Gasteiger partial charge on any atom is 0.255 e. The largest absolute Gasteiger partial charge is 0.356 e. The van der Waals surface area contributed by atoms with E-state index in [1.807, 2.05) is 36.2 Å². The molecule has 0 N–H and O–H groups in total. The molecule has 3 heterocycles. The number of piperidine rings is 1. The lowest BCUT2D eigenvalue weighted by atomic mass is 10.0. The number of hydrogen-bond acceptors (Lipinski definition) is 5. The van der Waals surface area contributed by atoms with Crippen LogP contribution in [0.2, 0.25) is 0 Å². The first kappa shape index (κ1) is 16.4. The van der Waals surface area contributed by atoms with E-state index in [1.165, 1.54) is 0 Å². The molecule has 0 radical (unpaired) electrons. The zero-order valence-corrected chi connectivity index (χ0v) is 14.7. The Morgan fingerprint density at radius 2 is 1.92 bits per heavy atom. The average Bonchev–Trinajstić information content (AvgIpc) is 2.73. The molecule has 4 rings (SSSR count). The summed E-state index contributed by atoms with van der Waals surface area (Å²) in [5.74, 6) is 1.01. The number of amides is 1. The Hall–Kier alpha value is -3.02. The number of para-hydroxylation sites is 1. The van der Waals surface area contributed by atoms with Gasteiger partial charge in [-0.3, -0.25) is 9.78 Å². The summed E-state index contributed by atoms with van der Waals surface area (Å²) in [5.41, 5.74) is 1.60. The van der Waals surface area contributed by atoms with Crippen molar-refractivity contribution >= 4 is 22.6 Å². The van der Waals surface area contributed by atoms with E-state index in [-0.39, 0.29) is 11.9 Å². The molecule has 0 bridgehead atoms. The Labute approximate surface area is 152 Å². The maximum absolute atomic E-state index is 12.6. The molecule has 0 atom stereocenters. The second-order valence-electron chi connectivity index (χ2n) is 6.59. The summed E-state index contributed by atoms with van der Waals surface area (Å²) < 4.78 is 0. The number of nitrogens with zero attached hydrogens (tertiary/aromatic N) is 5. The van der Waals surface area contributed by atoms with Gasteiger partial charge in [-0.15, -0.1) is 0 Å². The molecule has 132 valence electrons. The summed E-state index contributed by atoms with van der Waals surface area (Å²) in [7, 11) is 1.88. The van der Waals surface area contributed by atoms with Gasteiger partial charge in [0, 0.05) is 44.0 Å². The van der Waals surface area contributed by atoms with E-state index in [4.69, 9.17) is 0 Å². The highest BCUT2D eigenvalue weighted by molar-refractivity contribution is 5.94. The van der Waals surface area contributed by atoms with Crippen LogP contribution in [0.5, 0.6) is 0 Å². The van der Waals surface area contributed by atoms with Gasteiger partial charge in [-0.2, -0.15) is 0 Å². The van der Waals surface area contributed by atoms with E-state index in [0.717, 1.165) is 42.7 Å². The molecule has 1 fully saturated rings. The van der Waals surface area contributed by atoms with Crippen LogP contribution in [-0.4, -0.2) is 51.9 Å². The van der Waals surface area contributed by atoms with Crippen molar-refractivity contribution in [2.45, 2.75) is 18.9 Å². The van der Waals surface area contributed by atoms with Gasteiger partial charge in [0.15, 0.2) is 0 Å². The molecule has 0 aliphatic carbocycles. The smallest absolute Gasteiger partial charge is 0.255 e. The predicted octanol–water partition coefficient (Wildman–Crippen LogP) is 2.77. The van der Waals surface area contributed by atoms with E-state index in [2.05, 4.69) is 25.9 Å². The number of carbonyl (C=O) groups excluding carboxylic acids is 1. The van der Waals surface area contributed by atoms with Gasteiger partial charge in [-0.25, -0.2) is 9.97 Å². The van der Waals surface area contributed by atoms with Crippen LogP contribution in [0.4, 0.5) is 5.82 Å². The van der Waals surface area contributed by atoms with Crippen LogP contribution < -0.4 is 4.90 Å². The Kier molecular flexibility index (Phi) is 4.48. The highest BCUT2D eigenvalue weighted by Crippen LogP contribution is 2.26. The van der Waals surface area contributed by atoms with Gasteiger partial charge >= 0.3 is 0 Å². The first-order valence-electron chi connectivity index (χ1n) is 8.86. The van der Waals surface area contributed by atoms with Crippen molar-refractivity contribution in [3.8, 4) is 0 Å². The summed E-state index contributed by atoms with van der Waals surface area (Å²) in [6.45, 7) is 1.74. The first-order valence-corrected chi connectivity index (χ1v) is 8.86. The van der Waals surface area contributed by atoms with E-state index in [0.29, 0.717) is 5.56 Å². The number of hydrogen-bond donors (Lipinski definition) is 0. The minimum absolute atomic E-state index is 0.0315. The molecule has 1 aliphatic heterocycles. The minimum Gasteiger partial charge on any atom is -0.356 e. The summed E-state index contributed by atoms with van der Waals surface area (Å²) in [6, 6.07) is 11.9. The number of carbonyl (C=O) groups is 1. The third kappa shape index (κ3) is 3.10. The highest BCUT2D eigenvalue weighted by Gasteiger charge is 2.27. The molecule has 0 unspecified atom stereocenters. The van der Waals surface area contributed by atoms with Crippen molar-refractivity contribution in [1.29, 1.82) is 0 Å². The van der Waals surface area contributed by atoms with Gasteiger partial charge in [-0.1, -0.05) is 12.1 Å². The van der Waals surface area contributed by atoms with Gasteiger partial charge in [0.1, 0.15) is 12.1 Å².